The highest BCUT2D eigenvalue weighted by molar-refractivity contribution is 7.93. The fraction of sp³-hybridized carbons (Fsp3) is 0.167. The molecule has 3 heterocycles. The maximum absolute atomic E-state index is 12.9. The normalized spacial score (nSPS) is 16.4. The number of aliphatic hydroxyl groups is 1. The van der Waals surface area contributed by atoms with E-state index in [9.17, 15) is 28.4 Å². The Morgan fingerprint density at radius 3 is 2.56 bits per heavy atom. The van der Waals surface area contributed by atoms with E-state index in [-0.39, 0.29) is 33.3 Å². The molecule has 1 aliphatic rings. The van der Waals surface area contributed by atoms with Crippen LogP contribution in [0.4, 0.5) is 5.13 Å². The summed E-state index contributed by atoms with van der Waals surface area (Å²) in [5.74, 6) is -0.685. The summed E-state index contributed by atoms with van der Waals surface area (Å²) in [4.78, 5) is 30.2. The zero-order valence-corrected chi connectivity index (χ0v) is 20.8. The van der Waals surface area contributed by atoms with Crippen LogP contribution in [-0.4, -0.2) is 47.9 Å². The number of nitriles is 1. The number of sulfonamides is 1. The minimum atomic E-state index is -3.80. The van der Waals surface area contributed by atoms with E-state index in [0.717, 1.165) is 4.90 Å². The lowest BCUT2D eigenvalue weighted by atomic mass is 9.94. The van der Waals surface area contributed by atoms with Crippen molar-refractivity contribution < 1.29 is 27.5 Å². The highest BCUT2D eigenvalue weighted by Gasteiger charge is 2.36. The molecule has 0 aliphatic carbocycles. The third kappa shape index (κ3) is 4.99. The molecule has 1 atom stereocenters. The van der Waals surface area contributed by atoms with Gasteiger partial charge in [-0.1, -0.05) is 0 Å². The van der Waals surface area contributed by atoms with Crippen LogP contribution in [0.15, 0.2) is 74.0 Å². The largest absolute Gasteiger partial charge is 0.457 e. The highest BCUT2D eigenvalue weighted by Crippen LogP contribution is 2.30. The second-order valence-electron chi connectivity index (χ2n) is 7.91. The Bertz CT molecular complexity index is 1530. The van der Waals surface area contributed by atoms with Crippen molar-refractivity contribution in [3.8, 4) is 17.4 Å². The summed E-state index contributed by atoms with van der Waals surface area (Å²) in [6, 6.07) is 11.1. The number of nitrogens with zero attached hydrogens (tertiary/aromatic N) is 3. The number of hydrogen-bond donors (Lipinski definition) is 2. The summed E-state index contributed by atoms with van der Waals surface area (Å²) in [5, 5.41) is 21.0. The molecule has 0 saturated carbocycles. The summed E-state index contributed by atoms with van der Waals surface area (Å²) >= 11 is 1.17. The number of benzene rings is 1. The van der Waals surface area contributed by atoms with Crippen LogP contribution in [-0.2, 0) is 19.6 Å². The standard InChI is InChI=1S/C24H20N4O6S2/c1-14(29)13-28-22(30)19(15(2)20(12-25)23(28)31)11-17-5-8-21(34-17)16-3-6-18(7-4-16)36(32,33)27-24-26-9-10-35-24/h3-11,14,29H,13H2,1-2H3,(H,26,27)/b19-11-/t14-/m1/s1. The monoisotopic (exact) mass is 524 g/mol. The van der Waals surface area contributed by atoms with Gasteiger partial charge in [-0.05, 0) is 61.9 Å². The van der Waals surface area contributed by atoms with Crippen molar-refractivity contribution in [3.05, 3.63) is 70.5 Å². The number of carbonyl (C=O) groups is 2. The number of β-amino-alcohol motifs (C(OH)–C–C–N with tert-alkyl or cyclic N) is 1. The average molecular weight is 525 g/mol. The first-order chi connectivity index (χ1) is 17.1. The molecule has 2 N–H and O–H groups in total. The van der Waals surface area contributed by atoms with E-state index in [1.807, 2.05) is 6.07 Å². The van der Waals surface area contributed by atoms with Crippen molar-refractivity contribution >= 4 is 44.4 Å². The quantitative estimate of drug-likeness (QED) is 0.353. The Morgan fingerprint density at radius 1 is 1.22 bits per heavy atom. The average Bonchev–Trinajstić information content (AvgIpc) is 3.52. The van der Waals surface area contributed by atoms with Gasteiger partial charge < -0.3 is 9.52 Å². The van der Waals surface area contributed by atoms with Crippen LogP contribution in [0.2, 0.25) is 0 Å². The van der Waals surface area contributed by atoms with Crippen LogP contribution in [0.5, 0.6) is 0 Å². The van der Waals surface area contributed by atoms with Crippen molar-refractivity contribution in [2.45, 2.75) is 24.8 Å². The summed E-state index contributed by atoms with van der Waals surface area (Å²) < 4.78 is 33.3. The molecule has 1 aliphatic heterocycles. The molecule has 12 heteroatoms. The summed E-state index contributed by atoms with van der Waals surface area (Å²) in [6.07, 6.45) is 1.96. The Morgan fingerprint density at radius 2 is 1.94 bits per heavy atom. The highest BCUT2D eigenvalue weighted by atomic mass is 32.2. The lowest BCUT2D eigenvalue weighted by molar-refractivity contribution is -0.141. The summed E-state index contributed by atoms with van der Waals surface area (Å²) in [6.45, 7) is 2.69. The van der Waals surface area contributed by atoms with Crippen molar-refractivity contribution in [1.29, 1.82) is 5.26 Å². The van der Waals surface area contributed by atoms with Crippen LogP contribution in [0.3, 0.4) is 0 Å². The Kier molecular flexibility index (Phi) is 6.89. The topological polar surface area (TPSA) is 154 Å². The maximum Gasteiger partial charge on any atom is 0.271 e. The van der Waals surface area contributed by atoms with Gasteiger partial charge in [0, 0.05) is 22.7 Å². The summed E-state index contributed by atoms with van der Waals surface area (Å²) in [7, 11) is -3.80. The van der Waals surface area contributed by atoms with Gasteiger partial charge in [-0.25, -0.2) is 13.4 Å². The Balaban J connectivity index is 1.61. The van der Waals surface area contributed by atoms with Gasteiger partial charge in [0.1, 0.15) is 23.2 Å². The molecule has 0 fully saturated rings. The Hall–Kier alpha value is -4.05. The van der Waals surface area contributed by atoms with Crippen LogP contribution < -0.4 is 4.72 Å². The lowest BCUT2D eigenvalue weighted by Gasteiger charge is -2.28. The smallest absolute Gasteiger partial charge is 0.271 e. The van der Waals surface area contributed by atoms with Crippen LogP contribution in [0, 0.1) is 11.3 Å². The van der Waals surface area contributed by atoms with Crippen molar-refractivity contribution in [3.63, 3.8) is 0 Å². The fourth-order valence-corrected chi connectivity index (χ4v) is 5.32. The predicted octanol–water partition coefficient (Wildman–Crippen LogP) is 3.18. The van der Waals surface area contributed by atoms with Gasteiger partial charge in [0.2, 0.25) is 0 Å². The first kappa shape index (κ1) is 25.1. The van der Waals surface area contributed by atoms with E-state index in [0.29, 0.717) is 17.1 Å². The zero-order chi connectivity index (χ0) is 26.0. The van der Waals surface area contributed by atoms with E-state index in [1.165, 1.54) is 49.6 Å². The van der Waals surface area contributed by atoms with Crippen LogP contribution >= 0.6 is 11.3 Å². The first-order valence-electron chi connectivity index (χ1n) is 10.6. The number of aliphatic hydroxyl groups excluding tert-OH is 1. The van der Waals surface area contributed by atoms with Gasteiger partial charge in [0.15, 0.2) is 5.13 Å². The van der Waals surface area contributed by atoms with Gasteiger partial charge in [0.05, 0.1) is 17.5 Å². The number of anilines is 1. The van der Waals surface area contributed by atoms with E-state index >= 15 is 0 Å². The predicted molar refractivity (Wildman–Crippen MR) is 132 cm³/mol. The van der Waals surface area contributed by atoms with E-state index in [1.54, 1.807) is 29.6 Å². The number of rotatable bonds is 7. The molecule has 36 heavy (non-hydrogen) atoms. The van der Waals surface area contributed by atoms with Crippen molar-refractivity contribution in [2.24, 2.45) is 0 Å². The molecule has 184 valence electrons. The molecule has 2 aromatic heterocycles. The molecule has 0 bridgehead atoms. The number of hydrogen-bond acceptors (Lipinski definition) is 9. The molecule has 2 amide bonds. The molecule has 1 aromatic carbocycles. The molecule has 3 aromatic rings. The lowest BCUT2D eigenvalue weighted by Crippen LogP contribution is -2.45. The second kappa shape index (κ2) is 9.90. The number of thiazole rings is 1. The number of furan rings is 1. The van der Waals surface area contributed by atoms with Gasteiger partial charge in [-0.15, -0.1) is 11.3 Å². The Labute approximate surface area is 210 Å². The molecule has 0 saturated heterocycles. The van der Waals surface area contributed by atoms with Crippen molar-refractivity contribution in [1.82, 2.24) is 9.88 Å². The third-order valence-corrected chi connectivity index (χ3v) is 7.46. The SMILES string of the molecule is CC1=C(C#N)C(=O)N(C[C@@H](C)O)C(=O)/C1=C\c1ccc(-c2ccc(S(=O)(=O)Nc3nccs3)cc2)o1. The van der Waals surface area contributed by atoms with Crippen LogP contribution in [0.1, 0.15) is 19.6 Å². The van der Waals surface area contributed by atoms with E-state index in [2.05, 4.69) is 9.71 Å². The zero-order valence-electron chi connectivity index (χ0n) is 19.1. The van der Waals surface area contributed by atoms with E-state index < -0.39 is 27.9 Å². The molecular weight excluding hydrogens is 504 g/mol. The molecule has 10 nitrogen and oxygen atoms in total. The maximum atomic E-state index is 12.9. The fourth-order valence-electron chi connectivity index (χ4n) is 3.53. The first-order valence-corrected chi connectivity index (χ1v) is 13.0. The number of nitrogens with one attached hydrogen (secondary N) is 1. The minimum Gasteiger partial charge on any atom is -0.457 e. The molecular formula is C24H20N4O6S2. The molecule has 0 unspecified atom stereocenters. The van der Waals surface area contributed by atoms with Gasteiger partial charge in [-0.3, -0.25) is 19.2 Å². The van der Waals surface area contributed by atoms with Crippen molar-refractivity contribution in [2.75, 3.05) is 11.3 Å². The number of carbonyl (C=O) groups excluding carboxylic acids is 2. The molecule has 4 rings (SSSR count). The van der Waals surface area contributed by atoms with Crippen LogP contribution in [0.25, 0.3) is 17.4 Å². The molecule has 0 spiro atoms. The number of aromatic nitrogens is 1. The summed E-state index contributed by atoms with van der Waals surface area (Å²) in [5.41, 5.74) is 0.729. The number of imide groups is 1. The van der Waals surface area contributed by atoms with Gasteiger partial charge in [0.25, 0.3) is 21.8 Å². The minimum absolute atomic E-state index is 0.0517. The van der Waals surface area contributed by atoms with E-state index in [4.69, 9.17) is 4.42 Å². The van der Waals surface area contributed by atoms with Gasteiger partial charge >= 0.3 is 0 Å². The second-order valence-corrected chi connectivity index (χ2v) is 10.5. The number of amides is 2. The van der Waals surface area contributed by atoms with Gasteiger partial charge in [-0.2, -0.15) is 5.26 Å². The third-order valence-electron chi connectivity index (χ3n) is 5.29. The molecule has 0 radical (unpaired) electrons.